The molecular weight excluding hydrogens is 496 g/mol. The maximum atomic E-state index is 13.1. The lowest BCUT2D eigenvalue weighted by Crippen LogP contribution is -2.12. The Morgan fingerprint density at radius 3 is 2.25 bits per heavy atom. The number of phenols is 5. The Labute approximate surface area is 207 Å². The van der Waals surface area contributed by atoms with Crippen LogP contribution in [0.4, 0.5) is 0 Å². The van der Waals surface area contributed by atoms with Crippen molar-refractivity contribution in [2.45, 2.75) is 12.3 Å². The SMILES string of the molecule is COC(=O)C[C@@H](c1ccc(O)c(Cl)c1)c1c(O)cc(O)c2c(=O)c(O)c(-c3ccc(O)c(O)c3)oc12. The van der Waals surface area contributed by atoms with Crippen LogP contribution in [-0.4, -0.2) is 43.7 Å². The first-order valence-corrected chi connectivity index (χ1v) is 10.7. The molecule has 0 saturated carbocycles. The number of halogens is 1. The van der Waals surface area contributed by atoms with Gasteiger partial charge in [0.25, 0.3) is 0 Å². The summed E-state index contributed by atoms with van der Waals surface area (Å²) in [5, 5.41) is 60.6. The number of hydrogen-bond acceptors (Lipinski definition) is 10. The van der Waals surface area contributed by atoms with E-state index in [1.54, 1.807) is 0 Å². The summed E-state index contributed by atoms with van der Waals surface area (Å²) in [6.45, 7) is 0. The van der Waals surface area contributed by atoms with Crippen LogP contribution in [-0.2, 0) is 9.53 Å². The second-order valence-electron chi connectivity index (χ2n) is 7.89. The zero-order valence-corrected chi connectivity index (χ0v) is 19.3. The molecule has 36 heavy (non-hydrogen) atoms. The molecule has 186 valence electrons. The van der Waals surface area contributed by atoms with Gasteiger partial charge in [-0.2, -0.15) is 0 Å². The molecule has 0 aliphatic rings. The van der Waals surface area contributed by atoms with E-state index in [1.165, 1.54) is 24.3 Å². The number of aromatic hydroxyl groups is 6. The van der Waals surface area contributed by atoms with Crippen molar-refractivity contribution < 1.29 is 44.6 Å². The molecule has 0 radical (unpaired) electrons. The van der Waals surface area contributed by atoms with Crippen LogP contribution in [0, 0.1) is 0 Å². The molecule has 0 spiro atoms. The van der Waals surface area contributed by atoms with Crippen molar-refractivity contribution in [1.82, 2.24) is 0 Å². The van der Waals surface area contributed by atoms with E-state index in [1.807, 2.05) is 0 Å². The quantitative estimate of drug-likeness (QED) is 0.168. The maximum Gasteiger partial charge on any atom is 0.306 e. The predicted molar refractivity (Wildman–Crippen MR) is 128 cm³/mol. The molecule has 0 fully saturated rings. The first-order valence-electron chi connectivity index (χ1n) is 10.4. The molecule has 11 heteroatoms. The lowest BCUT2D eigenvalue weighted by atomic mass is 9.86. The Bertz CT molecular complexity index is 1570. The van der Waals surface area contributed by atoms with E-state index in [-0.39, 0.29) is 33.9 Å². The van der Waals surface area contributed by atoms with Gasteiger partial charge in [0.05, 0.1) is 18.6 Å². The number of phenolic OH excluding ortho intramolecular Hbond substituents is 5. The minimum absolute atomic E-state index is 0.00669. The average molecular weight is 515 g/mol. The lowest BCUT2D eigenvalue weighted by Gasteiger charge is -2.21. The zero-order valence-electron chi connectivity index (χ0n) is 18.5. The zero-order chi connectivity index (χ0) is 26.3. The van der Waals surface area contributed by atoms with E-state index in [9.17, 15) is 40.2 Å². The third-order valence-corrected chi connectivity index (χ3v) is 6.00. The number of benzene rings is 3. The summed E-state index contributed by atoms with van der Waals surface area (Å²) in [7, 11) is 1.16. The minimum Gasteiger partial charge on any atom is -0.507 e. The van der Waals surface area contributed by atoms with Crippen molar-refractivity contribution in [2.75, 3.05) is 7.11 Å². The number of rotatable bonds is 5. The van der Waals surface area contributed by atoms with Crippen molar-refractivity contribution in [3.63, 3.8) is 0 Å². The third kappa shape index (κ3) is 4.18. The predicted octanol–water partition coefficient (Wildman–Crippen LogP) is 4.04. The normalized spacial score (nSPS) is 11.9. The summed E-state index contributed by atoms with van der Waals surface area (Å²) < 4.78 is 10.6. The fourth-order valence-electron chi connectivity index (χ4n) is 3.92. The van der Waals surface area contributed by atoms with Gasteiger partial charge in [0.2, 0.25) is 11.2 Å². The first kappa shape index (κ1) is 24.6. The van der Waals surface area contributed by atoms with Crippen LogP contribution in [0.15, 0.2) is 51.7 Å². The Kier molecular flexibility index (Phi) is 6.30. The molecule has 0 unspecified atom stereocenters. The maximum absolute atomic E-state index is 13.1. The summed E-state index contributed by atoms with van der Waals surface area (Å²) in [5.41, 5.74) is -1.22. The van der Waals surface area contributed by atoms with Crippen LogP contribution >= 0.6 is 11.6 Å². The molecule has 4 aromatic rings. The van der Waals surface area contributed by atoms with Gasteiger partial charge in [-0.25, -0.2) is 0 Å². The monoisotopic (exact) mass is 514 g/mol. The van der Waals surface area contributed by atoms with Gasteiger partial charge < -0.3 is 39.8 Å². The highest BCUT2D eigenvalue weighted by Crippen LogP contribution is 2.45. The molecule has 0 saturated heterocycles. The summed E-state index contributed by atoms with van der Waals surface area (Å²) in [6.07, 6.45) is -0.370. The summed E-state index contributed by atoms with van der Waals surface area (Å²) in [5.74, 6) is -5.59. The summed E-state index contributed by atoms with van der Waals surface area (Å²) in [4.78, 5) is 25.4. The fourth-order valence-corrected chi connectivity index (χ4v) is 4.11. The fraction of sp³-hybridized carbons (Fsp3) is 0.120. The molecule has 3 aromatic carbocycles. The van der Waals surface area contributed by atoms with Crippen molar-refractivity contribution in [2.24, 2.45) is 0 Å². The number of carbonyl (C=O) groups is 1. The van der Waals surface area contributed by atoms with E-state index in [0.717, 1.165) is 25.3 Å². The highest BCUT2D eigenvalue weighted by atomic mass is 35.5. The number of hydrogen-bond donors (Lipinski definition) is 6. The molecule has 0 amide bonds. The van der Waals surface area contributed by atoms with Crippen molar-refractivity contribution in [1.29, 1.82) is 0 Å². The molecule has 6 N–H and O–H groups in total. The molecule has 1 atom stereocenters. The van der Waals surface area contributed by atoms with Crippen molar-refractivity contribution >= 4 is 28.5 Å². The highest BCUT2D eigenvalue weighted by Gasteiger charge is 2.30. The first-order chi connectivity index (χ1) is 17.0. The molecule has 10 nitrogen and oxygen atoms in total. The molecule has 0 aliphatic carbocycles. The van der Waals surface area contributed by atoms with Crippen molar-refractivity contribution in [3.8, 4) is 45.8 Å². The van der Waals surface area contributed by atoms with E-state index < -0.39 is 57.2 Å². The van der Waals surface area contributed by atoms with Gasteiger partial charge in [-0.1, -0.05) is 17.7 Å². The van der Waals surface area contributed by atoms with Crippen LogP contribution in [0.5, 0.6) is 34.5 Å². The number of esters is 1. The molecule has 0 bridgehead atoms. The van der Waals surface area contributed by atoms with Gasteiger partial charge in [-0.15, -0.1) is 0 Å². The largest absolute Gasteiger partial charge is 0.507 e. The second-order valence-corrected chi connectivity index (χ2v) is 8.30. The van der Waals surface area contributed by atoms with Gasteiger partial charge in [0, 0.05) is 23.1 Å². The van der Waals surface area contributed by atoms with Gasteiger partial charge in [0.15, 0.2) is 17.3 Å². The average Bonchev–Trinajstić information content (AvgIpc) is 2.83. The van der Waals surface area contributed by atoms with Crippen LogP contribution < -0.4 is 5.43 Å². The molecular formula is C25H19ClO10. The van der Waals surface area contributed by atoms with E-state index in [0.29, 0.717) is 5.56 Å². The number of methoxy groups -OCH3 is 1. The van der Waals surface area contributed by atoms with E-state index in [4.69, 9.17) is 20.8 Å². The van der Waals surface area contributed by atoms with Gasteiger partial charge >= 0.3 is 5.97 Å². The lowest BCUT2D eigenvalue weighted by molar-refractivity contribution is -0.140. The van der Waals surface area contributed by atoms with Crippen LogP contribution in [0.1, 0.15) is 23.5 Å². The minimum atomic E-state index is -1.06. The third-order valence-electron chi connectivity index (χ3n) is 5.70. The molecule has 1 heterocycles. The second kappa shape index (κ2) is 9.23. The molecule has 1 aromatic heterocycles. The number of ether oxygens (including phenoxy) is 1. The van der Waals surface area contributed by atoms with Crippen LogP contribution in [0.3, 0.4) is 0 Å². The van der Waals surface area contributed by atoms with Gasteiger partial charge in [-0.3, -0.25) is 9.59 Å². The number of carbonyl (C=O) groups excluding carboxylic acids is 1. The van der Waals surface area contributed by atoms with Crippen molar-refractivity contribution in [3.05, 3.63) is 68.8 Å². The van der Waals surface area contributed by atoms with E-state index in [2.05, 4.69) is 0 Å². The summed E-state index contributed by atoms with van der Waals surface area (Å²) in [6, 6.07) is 8.32. The molecule has 0 aliphatic heterocycles. The smallest absolute Gasteiger partial charge is 0.306 e. The topological polar surface area (TPSA) is 178 Å². The van der Waals surface area contributed by atoms with E-state index >= 15 is 0 Å². The highest BCUT2D eigenvalue weighted by molar-refractivity contribution is 6.32. The van der Waals surface area contributed by atoms with Gasteiger partial charge in [-0.05, 0) is 35.9 Å². The number of fused-ring (bicyclic) bond motifs is 1. The Morgan fingerprint density at radius 2 is 1.61 bits per heavy atom. The van der Waals surface area contributed by atoms with Crippen LogP contribution in [0.25, 0.3) is 22.3 Å². The Morgan fingerprint density at radius 1 is 0.917 bits per heavy atom. The Hall–Kier alpha value is -4.57. The summed E-state index contributed by atoms with van der Waals surface area (Å²) >= 11 is 6.06. The van der Waals surface area contributed by atoms with Gasteiger partial charge in [0.1, 0.15) is 28.2 Å². The Balaban J connectivity index is 2.09. The van der Waals surface area contributed by atoms with Crippen LogP contribution in [0.2, 0.25) is 5.02 Å². The molecule has 4 rings (SSSR count). The standard InChI is InChI=1S/C25H19ClO10/c1-35-19(32)8-12(10-2-4-14(27)13(26)6-10)20-17(30)9-18(31)21-22(33)23(34)24(36-25(20)21)11-3-5-15(28)16(29)7-11/h2-7,9,12,27-31,34H,8H2,1H3/t12-/m0/s1.